The Hall–Kier alpha value is -0.250. The second-order valence-electron chi connectivity index (χ2n) is 6.83. The predicted octanol–water partition coefficient (Wildman–Crippen LogP) is 5.45. The van der Waals surface area contributed by atoms with E-state index in [1.807, 2.05) is 12.1 Å². The van der Waals surface area contributed by atoms with Gasteiger partial charge in [-0.15, -0.1) is 0 Å². The fourth-order valence-corrected chi connectivity index (χ4v) is 4.01. The second kappa shape index (κ2) is 7.34. The smallest absolute Gasteiger partial charge is 0.0568 e. The Bertz CT molecular complexity index is 478. The van der Waals surface area contributed by atoms with E-state index in [9.17, 15) is 0 Å². The molecule has 4 heteroatoms. The van der Waals surface area contributed by atoms with Crippen molar-refractivity contribution in [3.8, 4) is 0 Å². The van der Waals surface area contributed by atoms with Crippen LogP contribution in [0.2, 0.25) is 5.02 Å². The molecule has 2 nitrogen and oxygen atoms in total. The summed E-state index contributed by atoms with van der Waals surface area (Å²) in [7, 11) is 0. The van der Waals surface area contributed by atoms with Crippen molar-refractivity contribution in [1.82, 2.24) is 0 Å². The Morgan fingerprint density at radius 1 is 1.48 bits per heavy atom. The van der Waals surface area contributed by atoms with Gasteiger partial charge in [0.05, 0.1) is 5.02 Å². The van der Waals surface area contributed by atoms with Crippen LogP contribution < -0.4 is 11.1 Å². The summed E-state index contributed by atoms with van der Waals surface area (Å²) in [4.78, 5) is 0. The van der Waals surface area contributed by atoms with Crippen LogP contribution in [0.1, 0.15) is 46.0 Å². The number of benzene rings is 1. The summed E-state index contributed by atoms with van der Waals surface area (Å²) in [5.74, 6) is 1.53. The largest absolute Gasteiger partial charge is 0.378 e. The molecular weight excluding hydrogens is 348 g/mol. The molecule has 118 valence electrons. The van der Waals surface area contributed by atoms with Gasteiger partial charge in [0.15, 0.2) is 0 Å². The van der Waals surface area contributed by atoms with Crippen LogP contribution in [0.15, 0.2) is 22.7 Å². The highest BCUT2D eigenvalue weighted by Crippen LogP contribution is 2.38. The van der Waals surface area contributed by atoms with Crippen molar-refractivity contribution in [2.45, 2.75) is 51.5 Å². The zero-order valence-corrected chi connectivity index (χ0v) is 15.3. The topological polar surface area (TPSA) is 38.0 Å². The maximum Gasteiger partial charge on any atom is 0.0568 e. The zero-order chi connectivity index (χ0) is 15.5. The lowest BCUT2D eigenvalue weighted by molar-refractivity contribution is 0.223. The van der Waals surface area contributed by atoms with Gasteiger partial charge in [0, 0.05) is 22.2 Å². The number of rotatable bonds is 5. The lowest BCUT2D eigenvalue weighted by Crippen LogP contribution is -2.49. The van der Waals surface area contributed by atoms with Crippen molar-refractivity contribution >= 4 is 33.2 Å². The Morgan fingerprint density at radius 3 is 2.86 bits per heavy atom. The quantitative estimate of drug-likeness (QED) is 0.720. The van der Waals surface area contributed by atoms with Gasteiger partial charge in [-0.3, -0.25) is 0 Å². The minimum atomic E-state index is 0.0228. The number of hydrogen-bond acceptors (Lipinski definition) is 2. The molecule has 2 rings (SSSR count). The third kappa shape index (κ3) is 4.61. The van der Waals surface area contributed by atoms with Gasteiger partial charge in [-0.25, -0.2) is 0 Å². The Morgan fingerprint density at radius 2 is 2.24 bits per heavy atom. The molecule has 0 radical (unpaired) electrons. The van der Waals surface area contributed by atoms with E-state index < -0.39 is 0 Å². The van der Waals surface area contributed by atoms with Gasteiger partial charge in [0.1, 0.15) is 0 Å². The molecule has 21 heavy (non-hydrogen) atoms. The summed E-state index contributed by atoms with van der Waals surface area (Å²) >= 11 is 9.64. The molecule has 0 saturated heterocycles. The summed E-state index contributed by atoms with van der Waals surface area (Å²) < 4.78 is 0.929. The molecule has 2 unspecified atom stereocenters. The fraction of sp³-hybridized carbons (Fsp3) is 0.647. The number of nitrogens with two attached hydrogens (primary N) is 1. The summed E-state index contributed by atoms with van der Waals surface area (Å²) in [6.45, 7) is 5.29. The summed E-state index contributed by atoms with van der Waals surface area (Å²) in [6, 6.07) is 6.04. The molecule has 0 spiro atoms. The van der Waals surface area contributed by atoms with Crippen LogP contribution in [0.4, 0.5) is 5.69 Å². The van der Waals surface area contributed by atoms with Crippen LogP contribution in [0, 0.1) is 11.8 Å². The Labute approximate surface area is 142 Å². The molecule has 3 N–H and O–H groups in total. The first-order chi connectivity index (χ1) is 9.94. The first-order valence-electron chi connectivity index (χ1n) is 7.87. The van der Waals surface area contributed by atoms with Crippen LogP contribution in [-0.2, 0) is 0 Å². The van der Waals surface area contributed by atoms with E-state index in [2.05, 4.69) is 41.2 Å². The van der Waals surface area contributed by atoms with Gasteiger partial charge in [0.2, 0.25) is 0 Å². The molecular formula is C17H26BrClN2. The normalized spacial score (nSPS) is 26.1. The predicted molar refractivity (Wildman–Crippen MR) is 96.0 cm³/mol. The Kier molecular flexibility index (Phi) is 5.98. The highest BCUT2D eigenvalue weighted by atomic mass is 79.9. The van der Waals surface area contributed by atoms with Crippen molar-refractivity contribution in [1.29, 1.82) is 0 Å². The van der Waals surface area contributed by atoms with E-state index >= 15 is 0 Å². The van der Waals surface area contributed by atoms with Crippen molar-refractivity contribution in [2.75, 3.05) is 11.9 Å². The van der Waals surface area contributed by atoms with Gasteiger partial charge in [-0.05, 0) is 65.2 Å². The molecule has 1 saturated carbocycles. The molecule has 0 amide bonds. The maximum absolute atomic E-state index is 6.20. The minimum absolute atomic E-state index is 0.0228. The van der Waals surface area contributed by atoms with Crippen LogP contribution in [0.25, 0.3) is 0 Å². The average Bonchev–Trinajstić information content (AvgIpc) is 2.42. The highest BCUT2D eigenvalue weighted by Gasteiger charge is 2.35. The highest BCUT2D eigenvalue weighted by molar-refractivity contribution is 9.10. The molecule has 1 aromatic carbocycles. The van der Waals surface area contributed by atoms with Crippen molar-refractivity contribution < 1.29 is 0 Å². The average molecular weight is 374 g/mol. The summed E-state index contributed by atoms with van der Waals surface area (Å²) in [5, 5.41) is 4.42. The SMILES string of the molecule is CC(C)CC1CCCC(CN)(Nc2ccc(Br)c(Cl)c2)C1. The number of hydrogen-bond donors (Lipinski definition) is 2. The summed E-state index contributed by atoms with van der Waals surface area (Å²) in [6.07, 6.45) is 6.19. The van der Waals surface area contributed by atoms with E-state index in [0.29, 0.717) is 6.54 Å². The van der Waals surface area contributed by atoms with E-state index in [1.165, 1.54) is 19.3 Å². The maximum atomic E-state index is 6.20. The van der Waals surface area contributed by atoms with E-state index in [1.54, 1.807) is 0 Å². The number of nitrogens with one attached hydrogen (secondary N) is 1. The molecule has 0 aromatic heterocycles. The van der Waals surface area contributed by atoms with Gasteiger partial charge in [-0.2, -0.15) is 0 Å². The van der Waals surface area contributed by atoms with Crippen LogP contribution in [-0.4, -0.2) is 12.1 Å². The van der Waals surface area contributed by atoms with Crippen LogP contribution in [0.5, 0.6) is 0 Å². The van der Waals surface area contributed by atoms with Gasteiger partial charge < -0.3 is 11.1 Å². The van der Waals surface area contributed by atoms with Gasteiger partial charge in [-0.1, -0.05) is 38.3 Å². The van der Waals surface area contributed by atoms with Gasteiger partial charge in [0.25, 0.3) is 0 Å². The molecule has 0 bridgehead atoms. The Balaban J connectivity index is 2.11. The lowest BCUT2D eigenvalue weighted by Gasteiger charge is -2.42. The molecule has 1 aliphatic rings. The lowest BCUT2D eigenvalue weighted by atomic mass is 9.73. The third-order valence-corrected chi connectivity index (χ3v) is 5.70. The van der Waals surface area contributed by atoms with Crippen molar-refractivity contribution in [3.63, 3.8) is 0 Å². The van der Waals surface area contributed by atoms with E-state index in [-0.39, 0.29) is 5.54 Å². The van der Waals surface area contributed by atoms with Crippen molar-refractivity contribution in [2.24, 2.45) is 17.6 Å². The molecule has 0 aliphatic heterocycles. The molecule has 2 atom stereocenters. The van der Waals surface area contributed by atoms with E-state index in [0.717, 1.165) is 39.9 Å². The molecule has 1 fully saturated rings. The monoisotopic (exact) mass is 372 g/mol. The first-order valence-corrected chi connectivity index (χ1v) is 9.04. The van der Waals surface area contributed by atoms with Crippen LogP contribution >= 0.6 is 27.5 Å². The first kappa shape index (κ1) is 17.1. The number of anilines is 1. The van der Waals surface area contributed by atoms with Crippen molar-refractivity contribution in [3.05, 3.63) is 27.7 Å². The van der Waals surface area contributed by atoms with Gasteiger partial charge >= 0.3 is 0 Å². The standard InChI is InChI=1S/C17H26BrClN2/c1-12(2)8-13-4-3-7-17(10-13,11-20)21-14-5-6-15(18)16(19)9-14/h5-6,9,12-13,21H,3-4,7-8,10-11,20H2,1-2H3. The minimum Gasteiger partial charge on any atom is -0.378 e. The molecule has 0 heterocycles. The van der Waals surface area contributed by atoms with E-state index in [4.69, 9.17) is 17.3 Å². The molecule has 1 aliphatic carbocycles. The fourth-order valence-electron chi connectivity index (χ4n) is 3.58. The van der Waals surface area contributed by atoms with Crippen LogP contribution in [0.3, 0.4) is 0 Å². The zero-order valence-electron chi connectivity index (χ0n) is 13.0. The second-order valence-corrected chi connectivity index (χ2v) is 8.09. The summed E-state index contributed by atoms with van der Waals surface area (Å²) in [5.41, 5.74) is 7.23. The number of halogens is 2. The molecule has 1 aromatic rings. The third-order valence-electron chi connectivity index (χ3n) is 4.47.